The minimum atomic E-state index is 0.149. The van der Waals surface area contributed by atoms with Crippen LogP contribution in [-0.2, 0) is 37.8 Å². The molecule has 0 N–H and O–H groups in total. The molecule has 0 fully saturated rings. The van der Waals surface area contributed by atoms with Crippen molar-refractivity contribution in [3.05, 3.63) is 53.0 Å². The molecule has 0 bridgehead atoms. The number of carbonyl (C=O) groups is 1. The van der Waals surface area contributed by atoms with E-state index in [1.54, 1.807) is 0 Å². The van der Waals surface area contributed by atoms with Crippen LogP contribution >= 0.6 is 0 Å². The molecule has 0 atom stereocenters. The Morgan fingerprint density at radius 1 is 1.23 bits per heavy atom. The topological polar surface area (TPSA) is 77.0 Å². The molecule has 1 aromatic carbocycles. The van der Waals surface area contributed by atoms with E-state index in [4.69, 9.17) is 4.52 Å². The Labute approximate surface area is 151 Å². The molecule has 1 aliphatic rings. The summed E-state index contributed by atoms with van der Waals surface area (Å²) in [5.41, 5.74) is 3.90. The zero-order valence-corrected chi connectivity index (χ0v) is 15.0. The van der Waals surface area contributed by atoms with E-state index in [1.807, 2.05) is 41.8 Å². The molecule has 0 aliphatic carbocycles. The second-order valence-electron chi connectivity index (χ2n) is 6.50. The lowest BCUT2D eigenvalue weighted by Crippen LogP contribution is -2.26. The molecule has 26 heavy (non-hydrogen) atoms. The van der Waals surface area contributed by atoms with Gasteiger partial charge < -0.3 is 9.42 Å². The molecule has 1 amide bonds. The maximum atomic E-state index is 12.6. The van der Waals surface area contributed by atoms with Gasteiger partial charge in [0.25, 0.3) is 5.89 Å². The summed E-state index contributed by atoms with van der Waals surface area (Å²) in [5, 5.41) is 8.47. The van der Waals surface area contributed by atoms with Gasteiger partial charge in [-0.2, -0.15) is 10.1 Å². The average Bonchev–Trinajstić information content (AvgIpc) is 3.37. The van der Waals surface area contributed by atoms with Crippen LogP contribution in [0.15, 0.2) is 34.9 Å². The van der Waals surface area contributed by atoms with Gasteiger partial charge in [-0.05, 0) is 12.0 Å². The third-order valence-electron chi connectivity index (χ3n) is 4.77. The number of hydrogen-bond donors (Lipinski definition) is 0. The monoisotopic (exact) mass is 351 g/mol. The second kappa shape index (κ2) is 6.74. The Morgan fingerprint density at radius 2 is 2.04 bits per heavy atom. The van der Waals surface area contributed by atoms with Crippen LogP contribution in [0.4, 0.5) is 0 Å². The van der Waals surface area contributed by atoms with Crippen molar-refractivity contribution in [2.75, 3.05) is 0 Å². The summed E-state index contributed by atoms with van der Waals surface area (Å²) in [6.07, 6.45) is 1.96. The molecule has 1 aliphatic heterocycles. The molecule has 0 saturated carbocycles. The molecular formula is C19H21N5O2. The summed E-state index contributed by atoms with van der Waals surface area (Å²) in [6.45, 7) is 3.09. The van der Waals surface area contributed by atoms with Crippen LogP contribution in [0, 0.1) is 0 Å². The lowest BCUT2D eigenvalue weighted by atomic mass is 10.1. The van der Waals surface area contributed by atoms with Crippen LogP contribution in [0.2, 0.25) is 0 Å². The van der Waals surface area contributed by atoms with Crippen molar-refractivity contribution in [1.82, 2.24) is 24.8 Å². The fourth-order valence-corrected chi connectivity index (χ4v) is 3.29. The first-order valence-corrected chi connectivity index (χ1v) is 8.85. The number of nitrogens with zero attached hydrogens (tertiary/aromatic N) is 5. The first-order valence-electron chi connectivity index (χ1n) is 8.85. The highest BCUT2D eigenvalue weighted by Crippen LogP contribution is 2.31. The fourth-order valence-electron chi connectivity index (χ4n) is 3.29. The van der Waals surface area contributed by atoms with Crippen LogP contribution in [0.25, 0.3) is 11.6 Å². The Kier molecular flexibility index (Phi) is 4.28. The van der Waals surface area contributed by atoms with E-state index >= 15 is 0 Å². The van der Waals surface area contributed by atoms with Gasteiger partial charge in [0.1, 0.15) is 0 Å². The summed E-state index contributed by atoms with van der Waals surface area (Å²) < 4.78 is 7.15. The standard InChI is InChI=1S/C19H21N5O2/c1-3-16-20-19(26-22-16)18-14-11-24(12-15(14)23(2)21-18)17(25)10-9-13-7-5-4-6-8-13/h4-8H,3,9-12H2,1-2H3. The van der Waals surface area contributed by atoms with Crippen molar-refractivity contribution >= 4 is 5.91 Å². The van der Waals surface area contributed by atoms with E-state index in [1.165, 1.54) is 5.56 Å². The van der Waals surface area contributed by atoms with Gasteiger partial charge >= 0.3 is 0 Å². The largest absolute Gasteiger partial charge is 0.332 e. The van der Waals surface area contributed by atoms with Gasteiger partial charge in [0.05, 0.1) is 18.8 Å². The van der Waals surface area contributed by atoms with Crippen LogP contribution in [0.3, 0.4) is 0 Å². The van der Waals surface area contributed by atoms with Crippen molar-refractivity contribution in [2.45, 2.75) is 39.3 Å². The highest BCUT2D eigenvalue weighted by molar-refractivity contribution is 5.77. The first-order chi connectivity index (χ1) is 12.7. The Morgan fingerprint density at radius 3 is 2.77 bits per heavy atom. The lowest BCUT2D eigenvalue weighted by Gasteiger charge is -2.16. The number of benzene rings is 1. The third-order valence-corrected chi connectivity index (χ3v) is 4.77. The summed E-state index contributed by atoms with van der Waals surface area (Å²) >= 11 is 0. The molecule has 2 aromatic heterocycles. The lowest BCUT2D eigenvalue weighted by molar-refractivity contribution is -0.131. The number of amides is 1. The van der Waals surface area contributed by atoms with Crippen molar-refractivity contribution < 1.29 is 9.32 Å². The van der Waals surface area contributed by atoms with Gasteiger partial charge in [-0.1, -0.05) is 42.4 Å². The molecule has 4 rings (SSSR count). The van der Waals surface area contributed by atoms with E-state index in [9.17, 15) is 4.79 Å². The highest BCUT2D eigenvalue weighted by atomic mass is 16.5. The SMILES string of the molecule is CCc1noc(-c2nn(C)c3c2CN(C(=O)CCc2ccccc2)C3)n1. The smallest absolute Gasteiger partial charge is 0.278 e. The molecule has 0 saturated heterocycles. The van der Waals surface area contributed by atoms with Gasteiger partial charge in [-0.25, -0.2) is 0 Å². The van der Waals surface area contributed by atoms with Crippen molar-refractivity contribution in [1.29, 1.82) is 0 Å². The molecule has 7 nitrogen and oxygen atoms in total. The van der Waals surface area contributed by atoms with E-state index in [0.717, 1.165) is 17.7 Å². The molecule has 0 radical (unpaired) electrons. The predicted octanol–water partition coefficient (Wildman–Crippen LogP) is 2.51. The van der Waals surface area contributed by atoms with Crippen LogP contribution in [-0.4, -0.2) is 30.7 Å². The van der Waals surface area contributed by atoms with Gasteiger partial charge in [0.15, 0.2) is 11.5 Å². The van der Waals surface area contributed by atoms with Crippen LogP contribution < -0.4 is 0 Å². The number of aromatic nitrogens is 4. The minimum absolute atomic E-state index is 0.149. The number of fused-ring (bicyclic) bond motifs is 1. The number of hydrogen-bond acceptors (Lipinski definition) is 5. The maximum absolute atomic E-state index is 12.6. The van der Waals surface area contributed by atoms with Crippen LogP contribution in [0.5, 0.6) is 0 Å². The van der Waals surface area contributed by atoms with E-state index in [-0.39, 0.29) is 5.91 Å². The Bertz CT molecular complexity index is 929. The molecule has 134 valence electrons. The molecule has 3 aromatic rings. The number of aryl methyl sites for hydroxylation is 3. The van der Waals surface area contributed by atoms with Gasteiger partial charge in [-0.3, -0.25) is 9.48 Å². The third kappa shape index (κ3) is 3.00. The van der Waals surface area contributed by atoms with Crippen molar-refractivity contribution in [2.24, 2.45) is 7.05 Å². The van der Waals surface area contributed by atoms with Crippen molar-refractivity contribution in [3.8, 4) is 11.6 Å². The molecular weight excluding hydrogens is 330 g/mol. The highest BCUT2D eigenvalue weighted by Gasteiger charge is 2.31. The van der Waals surface area contributed by atoms with Gasteiger partial charge in [0, 0.05) is 25.5 Å². The average molecular weight is 351 g/mol. The summed E-state index contributed by atoms with van der Waals surface area (Å²) in [5.74, 6) is 1.24. The van der Waals surface area contributed by atoms with Gasteiger partial charge in [-0.15, -0.1) is 0 Å². The fraction of sp³-hybridized carbons (Fsp3) is 0.368. The molecule has 3 heterocycles. The molecule has 7 heteroatoms. The number of rotatable bonds is 5. The second-order valence-corrected chi connectivity index (χ2v) is 6.50. The summed E-state index contributed by atoms with van der Waals surface area (Å²) in [7, 11) is 1.89. The summed E-state index contributed by atoms with van der Waals surface area (Å²) in [6, 6.07) is 10.1. The number of carbonyl (C=O) groups excluding carboxylic acids is 1. The summed E-state index contributed by atoms with van der Waals surface area (Å²) in [4.78, 5) is 18.9. The van der Waals surface area contributed by atoms with E-state index < -0.39 is 0 Å². The Balaban J connectivity index is 1.48. The molecule has 0 spiro atoms. The van der Waals surface area contributed by atoms with Crippen LogP contribution in [0.1, 0.15) is 36.0 Å². The van der Waals surface area contributed by atoms with E-state index in [2.05, 4.69) is 27.4 Å². The maximum Gasteiger partial charge on any atom is 0.278 e. The van der Waals surface area contributed by atoms with Gasteiger partial charge in [0.2, 0.25) is 5.91 Å². The Hall–Kier alpha value is -2.96. The predicted molar refractivity (Wildman–Crippen MR) is 94.9 cm³/mol. The molecule has 0 unspecified atom stereocenters. The first kappa shape index (κ1) is 16.5. The zero-order chi connectivity index (χ0) is 18.1. The van der Waals surface area contributed by atoms with Crippen molar-refractivity contribution in [3.63, 3.8) is 0 Å². The zero-order valence-electron chi connectivity index (χ0n) is 15.0. The quantitative estimate of drug-likeness (QED) is 0.706. The minimum Gasteiger partial charge on any atom is -0.332 e. The normalized spacial score (nSPS) is 13.2. The van der Waals surface area contributed by atoms with E-state index in [0.29, 0.717) is 43.3 Å².